The Hall–Kier alpha value is -2.57. The minimum absolute atomic E-state index is 0.0858. The van der Waals surface area contributed by atoms with Crippen molar-refractivity contribution in [3.8, 4) is 0 Å². The number of amides is 3. The summed E-state index contributed by atoms with van der Waals surface area (Å²) in [6.07, 6.45) is 1.82. The van der Waals surface area contributed by atoms with Gasteiger partial charge in [-0.15, -0.1) is 0 Å². The normalized spacial score (nSPS) is 15.0. The fourth-order valence-electron chi connectivity index (χ4n) is 1.85. The highest BCUT2D eigenvalue weighted by Gasteiger charge is 2.38. The van der Waals surface area contributed by atoms with Crippen LogP contribution in [0.5, 0.6) is 0 Å². The van der Waals surface area contributed by atoms with Crippen molar-refractivity contribution in [1.82, 2.24) is 5.32 Å². The van der Waals surface area contributed by atoms with E-state index in [1.165, 1.54) is 25.1 Å². The predicted octanol–water partition coefficient (Wildman–Crippen LogP) is 2.02. The topological polar surface area (TPSA) is 108 Å². The summed E-state index contributed by atoms with van der Waals surface area (Å²) in [6.45, 7) is 3.25. The van der Waals surface area contributed by atoms with Gasteiger partial charge < -0.3 is 21.1 Å². The lowest BCUT2D eigenvalue weighted by molar-refractivity contribution is -0.114. The van der Waals surface area contributed by atoms with Crippen LogP contribution in [0.4, 0.5) is 16.2 Å². The number of carbonyl (C=O) groups is 3. The molecule has 0 bridgehead atoms. The number of aromatic carboxylic acids is 1. The van der Waals surface area contributed by atoms with Crippen LogP contribution in [0.25, 0.3) is 0 Å². The molecule has 1 aliphatic rings. The number of rotatable bonds is 4. The van der Waals surface area contributed by atoms with E-state index in [1.54, 1.807) is 0 Å². The first kappa shape index (κ1) is 14.8. The van der Waals surface area contributed by atoms with Gasteiger partial charge in [0.05, 0.1) is 11.3 Å². The second-order valence-electron chi connectivity index (χ2n) is 5.39. The molecule has 7 heteroatoms. The smallest absolute Gasteiger partial charge is 0.337 e. The molecule has 0 aromatic heterocycles. The van der Waals surface area contributed by atoms with Crippen LogP contribution >= 0.6 is 0 Å². The van der Waals surface area contributed by atoms with Gasteiger partial charge in [0.15, 0.2) is 0 Å². The van der Waals surface area contributed by atoms with E-state index in [0.717, 1.165) is 12.8 Å². The van der Waals surface area contributed by atoms with Crippen molar-refractivity contribution in [2.75, 3.05) is 10.6 Å². The van der Waals surface area contributed by atoms with Gasteiger partial charge in [0.1, 0.15) is 0 Å². The molecule has 0 aliphatic heterocycles. The third-order valence-electron chi connectivity index (χ3n) is 3.23. The van der Waals surface area contributed by atoms with Crippen molar-refractivity contribution < 1.29 is 19.5 Å². The largest absolute Gasteiger partial charge is 0.478 e. The highest BCUT2D eigenvalue weighted by atomic mass is 16.4. The molecule has 0 saturated heterocycles. The zero-order chi connectivity index (χ0) is 15.6. The summed E-state index contributed by atoms with van der Waals surface area (Å²) in [5, 5.41) is 17.0. The Kier molecular flexibility index (Phi) is 3.84. The van der Waals surface area contributed by atoms with Gasteiger partial charge in [-0.25, -0.2) is 9.59 Å². The Balaban J connectivity index is 2.15. The second kappa shape index (κ2) is 5.43. The first-order valence-electron chi connectivity index (χ1n) is 6.53. The average Bonchev–Trinajstić information content (AvgIpc) is 3.07. The molecule has 2 rings (SSSR count). The maximum absolute atomic E-state index is 11.8. The first-order valence-corrected chi connectivity index (χ1v) is 6.53. The lowest BCUT2D eigenvalue weighted by Crippen LogP contribution is -2.37. The molecule has 112 valence electrons. The molecule has 1 aromatic rings. The van der Waals surface area contributed by atoms with E-state index in [2.05, 4.69) is 16.0 Å². The quantitative estimate of drug-likeness (QED) is 0.680. The highest BCUT2D eigenvalue weighted by molar-refractivity contribution is 6.02. The molecule has 1 aromatic carbocycles. The lowest BCUT2D eigenvalue weighted by atomic mass is 10.1. The van der Waals surface area contributed by atoms with Crippen molar-refractivity contribution in [2.24, 2.45) is 0 Å². The van der Waals surface area contributed by atoms with Crippen LogP contribution in [-0.4, -0.2) is 28.6 Å². The molecular formula is C14H17N3O4. The third kappa shape index (κ3) is 3.95. The highest BCUT2D eigenvalue weighted by Crippen LogP contribution is 2.34. The summed E-state index contributed by atoms with van der Waals surface area (Å²) in [5.74, 6) is -1.48. The molecule has 0 atom stereocenters. The van der Waals surface area contributed by atoms with Crippen molar-refractivity contribution in [1.29, 1.82) is 0 Å². The molecular weight excluding hydrogens is 274 g/mol. The number of urea groups is 1. The monoisotopic (exact) mass is 291 g/mol. The number of anilines is 2. The number of hydrogen-bond donors (Lipinski definition) is 4. The molecule has 0 unspecified atom stereocenters. The Morgan fingerprint density at radius 3 is 2.38 bits per heavy atom. The average molecular weight is 291 g/mol. The maximum Gasteiger partial charge on any atom is 0.337 e. The van der Waals surface area contributed by atoms with Gasteiger partial charge >= 0.3 is 12.0 Å². The zero-order valence-corrected chi connectivity index (χ0v) is 11.8. The van der Waals surface area contributed by atoms with Crippen molar-refractivity contribution >= 4 is 29.3 Å². The summed E-state index contributed by atoms with van der Waals surface area (Å²) in [7, 11) is 0. The third-order valence-corrected chi connectivity index (χ3v) is 3.23. The number of carbonyl (C=O) groups excluding carboxylic acids is 2. The van der Waals surface area contributed by atoms with E-state index >= 15 is 0 Å². The van der Waals surface area contributed by atoms with E-state index in [9.17, 15) is 19.5 Å². The van der Waals surface area contributed by atoms with Crippen molar-refractivity contribution in [2.45, 2.75) is 32.2 Å². The summed E-state index contributed by atoms with van der Waals surface area (Å²) >= 11 is 0. The Bertz CT molecular complexity index is 608. The van der Waals surface area contributed by atoms with Crippen LogP contribution in [-0.2, 0) is 4.79 Å². The number of benzene rings is 1. The molecule has 3 amide bonds. The lowest BCUT2D eigenvalue weighted by Gasteiger charge is -2.14. The van der Waals surface area contributed by atoms with Gasteiger partial charge in [-0.3, -0.25) is 4.79 Å². The van der Waals surface area contributed by atoms with Crippen LogP contribution < -0.4 is 16.0 Å². The molecule has 1 aliphatic carbocycles. The zero-order valence-electron chi connectivity index (χ0n) is 11.8. The SMILES string of the molecule is CC(=O)Nc1ccc(NC(=O)NC2(C)CC2)c(C(=O)O)c1. The summed E-state index contributed by atoms with van der Waals surface area (Å²) in [4.78, 5) is 34.1. The van der Waals surface area contributed by atoms with E-state index in [-0.39, 0.29) is 22.7 Å². The predicted molar refractivity (Wildman–Crippen MR) is 77.5 cm³/mol. The minimum Gasteiger partial charge on any atom is -0.478 e. The van der Waals surface area contributed by atoms with E-state index in [0.29, 0.717) is 5.69 Å². The van der Waals surface area contributed by atoms with Crippen molar-refractivity contribution in [3.63, 3.8) is 0 Å². The molecule has 7 nitrogen and oxygen atoms in total. The van der Waals surface area contributed by atoms with E-state index in [1.807, 2.05) is 6.92 Å². The number of hydrogen-bond acceptors (Lipinski definition) is 3. The summed E-state index contributed by atoms with van der Waals surface area (Å²) in [5.41, 5.74) is 0.263. The number of carboxylic acid groups (broad SMARTS) is 1. The van der Waals surface area contributed by atoms with Crippen LogP contribution in [0, 0.1) is 0 Å². The van der Waals surface area contributed by atoms with Gasteiger partial charge in [-0.05, 0) is 38.0 Å². The number of nitrogens with one attached hydrogen (secondary N) is 3. The number of carboxylic acids is 1. The Morgan fingerprint density at radius 1 is 1.19 bits per heavy atom. The first-order chi connectivity index (χ1) is 9.79. The van der Waals surface area contributed by atoms with Crippen LogP contribution in [0.3, 0.4) is 0 Å². The standard InChI is InChI=1S/C14H17N3O4/c1-8(18)15-9-3-4-11(10(7-9)12(19)20)16-13(21)17-14(2)5-6-14/h3-4,7H,5-6H2,1-2H3,(H,15,18)(H,19,20)(H2,16,17,21). The molecule has 0 spiro atoms. The maximum atomic E-state index is 11.8. The van der Waals surface area contributed by atoms with Gasteiger partial charge in [-0.1, -0.05) is 0 Å². The minimum atomic E-state index is -1.19. The molecule has 0 heterocycles. The molecule has 21 heavy (non-hydrogen) atoms. The fraction of sp³-hybridized carbons (Fsp3) is 0.357. The van der Waals surface area contributed by atoms with Gasteiger partial charge in [0.25, 0.3) is 0 Å². The van der Waals surface area contributed by atoms with Gasteiger partial charge in [0.2, 0.25) is 5.91 Å². The fourth-order valence-corrected chi connectivity index (χ4v) is 1.85. The second-order valence-corrected chi connectivity index (χ2v) is 5.39. The molecule has 1 saturated carbocycles. The van der Waals surface area contributed by atoms with Crippen molar-refractivity contribution in [3.05, 3.63) is 23.8 Å². The molecule has 1 fully saturated rings. The molecule has 0 radical (unpaired) electrons. The van der Waals surface area contributed by atoms with Gasteiger partial charge in [0, 0.05) is 18.2 Å². The Labute approximate surface area is 121 Å². The van der Waals surface area contributed by atoms with E-state index in [4.69, 9.17) is 0 Å². The van der Waals surface area contributed by atoms with Crippen LogP contribution in [0.1, 0.15) is 37.0 Å². The molecule has 4 N–H and O–H groups in total. The Morgan fingerprint density at radius 2 is 1.86 bits per heavy atom. The summed E-state index contributed by atoms with van der Waals surface area (Å²) < 4.78 is 0. The summed E-state index contributed by atoms with van der Waals surface area (Å²) in [6, 6.07) is 3.84. The van der Waals surface area contributed by atoms with Crippen LogP contribution in [0.2, 0.25) is 0 Å². The van der Waals surface area contributed by atoms with E-state index < -0.39 is 12.0 Å². The van der Waals surface area contributed by atoms with Gasteiger partial charge in [-0.2, -0.15) is 0 Å². The van der Waals surface area contributed by atoms with Crippen LogP contribution in [0.15, 0.2) is 18.2 Å².